The van der Waals surface area contributed by atoms with Crippen LogP contribution in [0.5, 0.6) is 0 Å². The summed E-state index contributed by atoms with van der Waals surface area (Å²) >= 11 is 0. The summed E-state index contributed by atoms with van der Waals surface area (Å²) in [5.41, 5.74) is 0.790. The third-order valence-corrected chi connectivity index (χ3v) is 3.56. The molecule has 1 fully saturated rings. The number of carboxylic acid groups (broad SMARTS) is 1. The van der Waals surface area contributed by atoms with Crippen LogP contribution in [-0.2, 0) is 4.79 Å². The van der Waals surface area contributed by atoms with Gasteiger partial charge in [0, 0.05) is 12.5 Å². The number of hydrogen-bond acceptors (Lipinski definition) is 2. The van der Waals surface area contributed by atoms with Crippen LogP contribution in [0, 0.1) is 10.8 Å². The third kappa shape index (κ3) is 5.53. The van der Waals surface area contributed by atoms with Crippen LogP contribution in [0.3, 0.4) is 0 Å². The van der Waals surface area contributed by atoms with Crippen molar-refractivity contribution in [2.45, 2.75) is 65.8 Å². The minimum Gasteiger partial charge on any atom is -0.481 e. The quantitative estimate of drug-likeness (QED) is 0.727. The lowest BCUT2D eigenvalue weighted by molar-refractivity contribution is -0.137. The molecule has 1 aliphatic rings. The van der Waals surface area contributed by atoms with Gasteiger partial charge in [0.15, 0.2) is 0 Å². The highest BCUT2D eigenvalue weighted by molar-refractivity contribution is 5.66. The van der Waals surface area contributed by atoms with E-state index >= 15 is 0 Å². The van der Waals surface area contributed by atoms with E-state index in [1.807, 2.05) is 0 Å². The van der Waals surface area contributed by atoms with E-state index in [1.54, 1.807) is 0 Å². The first kappa shape index (κ1) is 14.5. The molecule has 100 valence electrons. The molecule has 0 aromatic heterocycles. The van der Waals surface area contributed by atoms with Gasteiger partial charge in [-0.1, -0.05) is 27.7 Å². The molecular formula is C14H27NO2. The van der Waals surface area contributed by atoms with Crippen molar-refractivity contribution in [2.24, 2.45) is 10.8 Å². The monoisotopic (exact) mass is 241 g/mol. The van der Waals surface area contributed by atoms with Gasteiger partial charge in [0.25, 0.3) is 0 Å². The number of aliphatic carboxylic acids is 1. The summed E-state index contributed by atoms with van der Waals surface area (Å²) in [4.78, 5) is 10.4. The molecule has 2 N–H and O–H groups in total. The average molecular weight is 241 g/mol. The Morgan fingerprint density at radius 1 is 1.24 bits per heavy atom. The molecule has 0 atom stereocenters. The molecule has 0 spiro atoms. The maximum Gasteiger partial charge on any atom is 0.303 e. The summed E-state index contributed by atoms with van der Waals surface area (Å²) in [5, 5.41) is 12.1. The molecule has 0 aromatic carbocycles. The fraction of sp³-hybridized carbons (Fsp3) is 0.929. The normalized spacial score (nSPS) is 23.5. The maximum absolute atomic E-state index is 10.4. The Morgan fingerprint density at radius 2 is 1.76 bits per heavy atom. The molecule has 0 bridgehead atoms. The van der Waals surface area contributed by atoms with Crippen molar-refractivity contribution in [3.63, 3.8) is 0 Å². The van der Waals surface area contributed by atoms with E-state index in [9.17, 15) is 4.79 Å². The Balaban J connectivity index is 2.35. The zero-order valence-corrected chi connectivity index (χ0v) is 11.7. The summed E-state index contributed by atoms with van der Waals surface area (Å²) < 4.78 is 0. The second kappa shape index (κ2) is 5.38. The first-order chi connectivity index (χ1) is 7.70. The number of nitrogens with one attached hydrogen (secondary N) is 1. The number of carbonyl (C=O) groups is 1. The fourth-order valence-corrected chi connectivity index (χ4v) is 3.54. The lowest BCUT2D eigenvalue weighted by Gasteiger charge is -2.45. The first-order valence-electron chi connectivity index (χ1n) is 6.65. The van der Waals surface area contributed by atoms with E-state index in [1.165, 1.54) is 19.3 Å². The van der Waals surface area contributed by atoms with Crippen molar-refractivity contribution >= 4 is 5.97 Å². The lowest BCUT2D eigenvalue weighted by atomic mass is 9.63. The molecule has 0 saturated heterocycles. The molecule has 1 saturated carbocycles. The zero-order valence-electron chi connectivity index (χ0n) is 11.7. The van der Waals surface area contributed by atoms with Crippen LogP contribution in [0.2, 0.25) is 0 Å². The molecule has 0 unspecified atom stereocenters. The van der Waals surface area contributed by atoms with E-state index in [2.05, 4.69) is 33.0 Å². The van der Waals surface area contributed by atoms with Crippen molar-refractivity contribution in [3.05, 3.63) is 0 Å². The van der Waals surface area contributed by atoms with Crippen molar-refractivity contribution in [1.29, 1.82) is 0 Å². The molecule has 3 heteroatoms. The van der Waals surface area contributed by atoms with Gasteiger partial charge in [0.2, 0.25) is 0 Å². The number of rotatable bonds is 5. The van der Waals surface area contributed by atoms with Crippen molar-refractivity contribution in [1.82, 2.24) is 5.32 Å². The average Bonchev–Trinajstić information content (AvgIpc) is 2.06. The molecule has 0 aliphatic heterocycles. The predicted octanol–water partition coefficient (Wildman–Crippen LogP) is 3.05. The summed E-state index contributed by atoms with van der Waals surface area (Å²) in [6, 6.07) is 0.544. The Hall–Kier alpha value is -0.570. The molecule has 0 heterocycles. The van der Waals surface area contributed by atoms with Gasteiger partial charge >= 0.3 is 5.97 Å². The molecule has 17 heavy (non-hydrogen) atoms. The van der Waals surface area contributed by atoms with E-state index in [-0.39, 0.29) is 6.42 Å². The SMILES string of the molecule is CC1(C)CC(NCCCC(=O)O)CC(C)(C)C1. The minimum atomic E-state index is -0.698. The topological polar surface area (TPSA) is 49.3 Å². The molecule has 1 aliphatic carbocycles. The van der Waals surface area contributed by atoms with Crippen LogP contribution in [0.15, 0.2) is 0 Å². The summed E-state index contributed by atoms with van der Waals surface area (Å²) in [6.45, 7) is 10.2. The molecule has 0 amide bonds. The smallest absolute Gasteiger partial charge is 0.303 e. The van der Waals surface area contributed by atoms with Gasteiger partial charge in [-0.25, -0.2) is 0 Å². The summed E-state index contributed by atoms with van der Waals surface area (Å²) in [7, 11) is 0. The Bertz CT molecular complexity index is 255. The highest BCUT2D eigenvalue weighted by Gasteiger charge is 2.37. The van der Waals surface area contributed by atoms with Gasteiger partial charge in [0.05, 0.1) is 0 Å². The van der Waals surface area contributed by atoms with E-state index < -0.39 is 5.97 Å². The number of hydrogen-bond donors (Lipinski definition) is 2. The van der Waals surface area contributed by atoms with Crippen LogP contribution < -0.4 is 5.32 Å². The Labute approximate surface area is 105 Å². The van der Waals surface area contributed by atoms with Crippen molar-refractivity contribution in [3.8, 4) is 0 Å². The minimum absolute atomic E-state index is 0.270. The largest absolute Gasteiger partial charge is 0.481 e. The van der Waals surface area contributed by atoms with Crippen LogP contribution in [0.1, 0.15) is 59.8 Å². The lowest BCUT2D eigenvalue weighted by Crippen LogP contribution is -2.44. The maximum atomic E-state index is 10.4. The van der Waals surface area contributed by atoms with Gasteiger partial charge in [-0.2, -0.15) is 0 Å². The molecular weight excluding hydrogens is 214 g/mol. The van der Waals surface area contributed by atoms with E-state index in [4.69, 9.17) is 5.11 Å². The van der Waals surface area contributed by atoms with Crippen molar-refractivity contribution in [2.75, 3.05) is 6.54 Å². The molecule has 3 nitrogen and oxygen atoms in total. The predicted molar refractivity (Wildman–Crippen MR) is 70.1 cm³/mol. The number of carboxylic acids is 1. The van der Waals surface area contributed by atoms with Crippen LogP contribution in [-0.4, -0.2) is 23.7 Å². The van der Waals surface area contributed by atoms with Crippen LogP contribution in [0.4, 0.5) is 0 Å². The molecule has 0 aromatic rings. The van der Waals surface area contributed by atoms with Crippen molar-refractivity contribution < 1.29 is 9.90 Å². The van der Waals surface area contributed by atoms with Gasteiger partial charge in [-0.15, -0.1) is 0 Å². The van der Waals surface area contributed by atoms with E-state index in [0.717, 1.165) is 13.0 Å². The molecule has 1 rings (SSSR count). The van der Waals surface area contributed by atoms with Gasteiger partial charge in [-0.3, -0.25) is 4.79 Å². The Morgan fingerprint density at radius 3 is 2.24 bits per heavy atom. The first-order valence-corrected chi connectivity index (χ1v) is 6.65. The molecule has 0 radical (unpaired) electrons. The summed E-state index contributed by atoms with van der Waals surface area (Å²) in [6.07, 6.45) is 4.67. The second-order valence-corrected chi connectivity index (χ2v) is 7.06. The highest BCUT2D eigenvalue weighted by Crippen LogP contribution is 2.45. The summed E-state index contributed by atoms with van der Waals surface area (Å²) in [5.74, 6) is -0.698. The van der Waals surface area contributed by atoms with Crippen LogP contribution >= 0.6 is 0 Å². The van der Waals surface area contributed by atoms with Gasteiger partial charge in [0.1, 0.15) is 0 Å². The second-order valence-electron chi connectivity index (χ2n) is 7.06. The highest BCUT2D eigenvalue weighted by atomic mass is 16.4. The van der Waals surface area contributed by atoms with Crippen LogP contribution in [0.25, 0.3) is 0 Å². The van der Waals surface area contributed by atoms with Gasteiger partial charge < -0.3 is 10.4 Å². The standard InChI is InChI=1S/C14H27NO2/c1-13(2)8-11(9-14(3,4)10-13)15-7-5-6-12(16)17/h11,15H,5-10H2,1-4H3,(H,16,17). The zero-order chi connectivity index (χ0) is 13.1. The third-order valence-electron chi connectivity index (χ3n) is 3.56. The van der Waals surface area contributed by atoms with E-state index in [0.29, 0.717) is 16.9 Å². The fourth-order valence-electron chi connectivity index (χ4n) is 3.54. The van der Waals surface area contributed by atoms with Gasteiger partial charge in [-0.05, 0) is 43.1 Å². The Kier molecular flexibility index (Phi) is 4.59.